The van der Waals surface area contributed by atoms with E-state index in [2.05, 4.69) is 5.32 Å². The molecule has 0 aromatic heterocycles. The number of carbonyl (C=O) groups is 4. The number of carbonyl (C=O) groups excluding carboxylic acids is 4. The molecule has 1 saturated heterocycles. The molecule has 1 fully saturated rings. The zero-order valence-electron chi connectivity index (χ0n) is 16.2. The van der Waals surface area contributed by atoms with Gasteiger partial charge in [-0.3, -0.25) is 19.2 Å². The minimum atomic E-state index is -1.63. The number of hydrogen-bond donors (Lipinski definition) is 2. The largest absolute Gasteiger partial charge is 0.463 e. The number of rotatable bonds is 6. The molecule has 5 atom stereocenters. The van der Waals surface area contributed by atoms with Gasteiger partial charge in [-0.25, -0.2) is 0 Å². The molecule has 1 amide bonds. The van der Waals surface area contributed by atoms with Gasteiger partial charge in [0.25, 0.3) is 5.91 Å². The monoisotopic (exact) mass is 409 g/mol. The first-order valence-electron chi connectivity index (χ1n) is 8.86. The molecule has 0 radical (unpaired) electrons. The second-order valence-electron chi connectivity index (χ2n) is 6.38. The molecule has 2 unspecified atom stereocenters. The van der Waals surface area contributed by atoms with E-state index in [0.29, 0.717) is 5.56 Å². The summed E-state index contributed by atoms with van der Waals surface area (Å²) in [5.74, 6) is -2.62. The van der Waals surface area contributed by atoms with Gasteiger partial charge in [-0.15, -0.1) is 0 Å². The molecule has 10 heteroatoms. The van der Waals surface area contributed by atoms with Crippen molar-refractivity contribution in [1.29, 1.82) is 0 Å². The van der Waals surface area contributed by atoms with Crippen molar-refractivity contribution in [2.24, 2.45) is 0 Å². The summed E-state index contributed by atoms with van der Waals surface area (Å²) in [5.41, 5.74) is 0.298. The fourth-order valence-corrected chi connectivity index (χ4v) is 2.90. The maximum absolute atomic E-state index is 12.5. The minimum absolute atomic E-state index is 0.298. The maximum Gasteiger partial charge on any atom is 0.303 e. The van der Waals surface area contributed by atoms with Crippen LogP contribution in [0.4, 0.5) is 0 Å². The molecular weight excluding hydrogens is 386 g/mol. The molecule has 0 bridgehead atoms. The van der Waals surface area contributed by atoms with Gasteiger partial charge in [-0.2, -0.15) is 0 Å². The smallest absolute Gasteiger partial charge is 0.303 e. The summed E-state index contributed by atoms with van der Waals surface area (Å²) in [7, 11) is 0. The second-order valence-corrected chi connectivity index (χ2v) is 6.38. The highest BCUT2D eigenvalue weighted by molar-refractivity contribution is 5.94. The van der Waals surface area contributed by atoms with Gasteiger partial charge >= 0.3 is 17.9 Å². The molecule has 0 saturated carbocycles. The van der Waals surface area contributed by atoms with Crippen LogP contribution in [0.5, 0.6) is 0 Å². The molecular formula is C19H23NO9. The van der Waals surface area contributed by atoms with Gasteiger partial charge in [-0.1, -0.05) is 18.2 Å². The Hall–Kier alpha value is -2.98. The van der Waals surface area contributed by atoms with Crippen LogP contribution in [0.1, 0.15) is 31.1 Å². The molecule has 0 spiro atoms. The van der Waals surface area contributed by atoms with E-state index in [1.165, 1.54) is 6.92 Å². The molecule has 158 valence electrons. The molecule has 1 aromatic rings. The zero-order chi connectivity index (χ0) is 21.6. The second kappa shape index (κ2) is 9.99. The highest BCUT2D eigenvalue weighted by Gasteiger charge is 2.50. The van der Waals surface area contributed by atoms with Crippen LogP contribution in [-0.4, -0.2) is 66.2 Å². The Morgan fingerprint density at radius 1 is 0.966 bits per heavy atom. The van der Waals surface area contributed by atoms with Crippen molar-refractivity contribution in [3.8, 4) is 0 Å². The summed E-state index contributed by atoms with van der Waals surface area (Å²) in [4.78, 5) is 46.9. The van der Waals surface area contributed by atoms with Crippen molar-refractivity contribution in [2.75, 3.05) is 6.61 Å². The summed E-state index contributed by atoms with van der Waals surface area (Å²) >= 11 is 0. The number of aliphatic hydroxyl groups excluding tert-OH is 1. The number of ether oxygens (including phenoxy) is 4. The number of esters is 3. The fraction of sp³-hybridized carbons (Fsp3) is 0.474. The van der Waals surface area contributed by atoms with Crippen LogP contribution in [0, 0.1) is 0 Å². The lowest BCUT2D eigenvalue weighted by atomic mass is 9.96. The third-order valence-electron chi connectivity index (χ3n) is 4.05. The van der Waals surface area contributed by atoms with Crippen LogP contribution in [0.15, 0.2) is 30.3 Å². The van der Waals surface area contributed by atoms with E-state index in [1.807, 2.05) is 0 Å². The number of amides is 1. The van der Waals surface area contributed by atoms with Crippen LogP contribution in [0.2, 0.25) is 0 Å². The Bertz CT molecular complexity index is 751. The SMILES string of the molecule is CC(=O)OCC1OC(O)[C@@H](NC(=O)c2ccccc2)[C@@H](OC(C)=O)[C@H]1OC(C)=O. The van der Waals surface area contributed by atoms with Gasteiger partial charge in [-0.05, 0) is 12.1 Å². The van der Waals surface area contributed by atoms with E-state index >= 15 is 0 Å². The van der Waals surface area contributed by atoms with Crippen LogP contribution >= 0.6 is 0 Å². The number of nitrogens with one attached hydrogen (secondary N) is 1. The van der Waals surface area contributed by atoms with E-state index in [4.69, 9.17) is 18.9 Å². The molecule has 29 heavy (non-hydrogen) atoms. The van der Waals surface area contributed by atoms with Crippen molar-refractivity contribution in [3.05, 3.63) is 35.9 Å². The summed E-state index contributed by atoms with van der Waals surface area (Å²) in [6.45, 7) is 3.08. The Kier molecular flexibility index (Phi) is 7.68. The summed E-state index contributed by atoms with van der Waals surface area (Å²) in [6.07, 6.45) is -5.26. The molecule has 2 N–H and O–H groups in total. The van der Waals surface area contributed by atoms with Crippen molar-refractivity contribution >= 4 is 23.8 Å². The topological polar surface area (TPSA) is 137 Å². The van der Waals surface area contributed by atoms with E-state index in [1.54, 1.807) is 30.3 Å². The first-order chi connectivity index (χ1) is 13.7. The average molecular weight is 409 g/mol. The number of benzene rings is 1. The highest BCUT2D eigenvalue weighted by Crippen LogP contribution is 2.26. The molecule has 1 aliphatic heterocycles. The third-order valence-corrected chi connectivity index (χ3v) is 4.05. The molecule has 0 aliphatic carbocycles. The van der Waals surface area contributed by atoms with Gasteiger partial charge in [0.15, 0.2) is 18.5 Å². The Morgan fingerprint density at radius 3 is 2.10 bits per heavy atom. The van der Waals surface area contributed by atoms with Crippen LogP contribution in [0.25, 0.3) is 0 Å². The average Bonchev–Trinajstić information content (AvgIpc) is 2.65. The van der Waals surface area contributed by atoms with Crippen molar-refractivity contribution in [2.45, 2.75) is 51.4 Å². The standard InChI is InChI=1S/C19H23NO9/c1-10(21)26-9-14-16(27-11(2)22)17(28-12(3)23)15(19(25)29-14)20-18(24)13-7-5-4-6-8-13/h4-8,14-17,19,25H,9H2,1-3H3,(H,20,24)/t14?,15-,16-,17+,19?/m0/s1. The molecule has 10 nitrogen and oxygen atoms in total. The lowest BCUT2D eigenvalue weighted by Gasteiger charge is -2.43. The third kappa shape index (κ3) is 6.26. The summed E-state index contributed by atoms with van der Waals surface area (Å²) in [6, 6.07) is 6.91. The van der Waals surface area contributed by atoms with Crippen LogP contribution in [-0.2, 0) is 33.3 Å². The summed E-state index contributed by atoms with van der Waals surface area (Å²) < 4.78 is 20.8. The molecule has 1 aromatic carbocycles. The predicted molar refractivity (Wildman–Crippen MR) is 96.3 cm³/mol. The first kappa shape index (κ1) is 22.3. The summed E-state index contributed by atoms with van der Waals surface area (Å²) in [5, 5.41) is 13.0. The fourth-order valence-electron chi connectivity index (χ4n) is 2.90. The molecule has 1 aliphatic rings. The lowest BCUT2D eigenvalue weighted by Crippen LogP contribution is -2.66. The Labute approximate surface area is 167 Å². The highest BCUT2D eigenvalue weighted by atomic mass is 16.7. The normalized spacial score (nSPS) is 26.1. The van der Waals surface area contributed by atoms with Gasteiger partial charge < -0.3 is 29.4 Å². The lowest BCUT2D eigenvalue weighted by molar-refractivity contribution is -0.263. The quantitative estimate of drug-likeness (QED) is 0.488. The Morgan fingerprint density at radius 2 is 1.55 bits per heavy atom. The van der Waals surface area contributed by atoms with Crippen LogP contribution in [0.3, 0.4) is 0 Å². The van der Waals surface area contributed by atoms with Gasteiger partial charge in [0.1, 0.15) is 18.8 Å². The minimum Gasteiger partial charge on any atom is -0.463 e. The number of aliphatic hydroxyl groups is 1. The molecule has 1 heterocycles. The van der Waals surface area contributed by atoms with E-state index in [-0.39, 0.29) is 6.61 Å². The van der Waals surface area contributed by atoms with Crippen molar-refractivity contribution in [3.63, 3.8) is 0 Å². The van der Waals surface area contributed by atoms with E-state index < -0.39 is 54.5 Å². The van der Waals surface area contributed by atoms with Crippen molar-refractivity contribution < 1.29 is 43.2 Å². The van der Waals surface area contributed by atoms with Crippen molar-refractivity contribution in [1.82, 2.24) is 5.32 Å². The van der Waals surface area contributed by atoms with Gasteiger partial charge in [0, 0.05) is 26.3 Å². The van der Waals surface area contributed by atoms with E-state index in [0.717, 1.165) is 13.8 Å². The predicted octanol–water partition coefficient (Wildman–Crippen LogP) is -0.0713. The van der Waals surface area contributed by atoms with E-state index in [9.17, 15) is 24.3 Å². The zero-order valence-corrected chi connectivity index (χ0v) is 16.2. The van der Waals surface area contributed by atoms with Gasteiger partial charge in [0.05, 0.1) is 0 Å². The van der Waals surface area contributed by atoms with Crippen LogP contribution < -0.4 is 5.32 Å². The molecule has 2 rings (SSSR count). The number of hydrogen-bond acceptors (Lipinski definition) is 9. The maximum atomic E-state index is 12.5. The van der Waals surface area contributed by atoms with Gasteiger partial charge in [0.2, 0.25) is 0 Å². The first-order valence-corrected chi connectivity index (χ1v) is 8.86. The Balaban J connectivity index is 2.30.